The highest BCUT2D eigenvalue weighted by molar-refractivity contribution is 5.92. The molecule has 0 aromatic rings. The van der Waals surface area contributed by atoms with Gasteiger partial charge < -0.3 is 56.8 Å². The molecule has 0 heterocycles. The van der Waals surface area contributed by atoms with E-state index in [2.05, 4.69) is 42.6 Å². The summed E-state index contributed by atoms with van der Waals surface area (Å²) in [6.45, 7) is 9.12. The third kappa shape index (κ3) is 31.4. The van der Waals surface area contributed by atoms with Crippen LogP contribution in [0.1, 0.15) is 73.6 Å². The fourth-order valence-electron chi connectivity index (χ4n) is 3.42. The van der Waals surface area contributed by atoms with E-state index in [-0.39, 0.29) is 18.8 Å². The van der Waals surface area contributed by atoms with Gasteiger partial charge in [-0.15, -0.1) is 0 Å². The summed E-state index contributed by atoms with van der Waals surface area (Å²) in [6, 6.07) is 0. The molecular formula is C35H50O21. The molecule has 21 heteroatoms. The molecular weight excluding hydrogens is 756 g/mol. The smallest absolute Gasteiger partial charge is 0.466 e. The van der Waals surface area contributed by atoms with Gasteiger partial charge in [-0.3, -0.25) is 0 Å². The summed E-state index contributed by atoms with van der Waals surface area (Å²) in [5.74, 6) is -4.58. The van der Waals surface area contributed by atoms with Crippen LogP contribution in [0.25, 0.3) is 0 Å². The zero-order valence-corrected chi connectivity index (χ0v) is 32.7. The zero-order chi connectivity index (χ0) is 43.1. The van der Waals surface area contributed by atoms with Crippen LogP contribution in [-0.4, -0.2) is 113 Å². The van der Waals surface area contributed by atoms with Gasteiger partial charge in [-0.25, -0.2) is 43.2 Å². The first-order valence-corrected chi connectivity index (χ1v) is 16.8. The molecule has 1 fully saturated rings. The lowest BCUT2D eigenvalue weighted by Crippen LogP contribution is -2.26. The lowest BCUT2D eigenvalue weighted by atomic mass is 9.98. The molecule has 56 heavy (non-hydrogen) atoms. The molecule has 1 rings (SSSR count). The second-order valence-electron chi connectivity index (χ2n) is 10.7. The molecule has 0 aromatic carbocycles. The summed E-state index contributed by atoms with van der Waals surface area (Å²) < 4.78 is 55.1. The number of hydrogen-bond donors (Lipinski definition) is 0. The van der Waals surface area contributed by atoms with Gasteiger partial charge in [-0.05, 0) is 46.5 Å². The molecule has 0 aliphatic heterocycles. The Morgan fingerprint density at radius 2 is 0.804 bits per heavy atom. The first kappa shape index (κ1) is 52.0. The van der Waals surface area contributed by atoms with E-state index in [1.54, 1.807) is 20.8 Å². The second kappa shape index (κ2) is 31.2. The predicted molar refractivity (Wildman–Crippen MR) is 185 cm³/mol. The molecule has 0 radical (unpaired) electrons. The molecule has 0 spiro atoms. The Balaban J connectivity index is 0. The minimum Gasteiger partial charge on any atom is -0.466 e. The van der Waals surface area contributed by atoms with E-state index in [0.29, 0.717) is 0 Å². The zero-order valence-electron chi connectivity index (χ0n) is 32.7. The molecule has 1 aliphatic carbocycles. The van der Waals surface area contributed by atoms with E-state index < -0.39 is 73.2 Å². The van der Waals surface area contributed by atoms with Crippen molar-refractivity contribution in [3.05, 3.63) is 36.5 Å². The normalized spacial score (nSPS) is 13.8. The summed E-state index contributed by atoms with van der Waals surface area (Å²) in [6.07, 6.45) is 3.61. The standard InChI is InChI=1S/C14H20O7.C11H16O7.C10H14O7/c1-10(19-13(16)9-8-12(15)18-2)20-14(17)21-11-6-4-3-5-7-11;1-7(2)16-11(14)18-8(3)17-10(13)6-5-9(12)15-4;1-4-15-10(13)17-7(2)16-9(12)6-5-8(11)14-3/h8-11H,3-7H2,1-2H3;5-8H,1-4H3;5-7H,4H2,1-3H3/b9-8+;2*6-5+. The monoisotopic (exact) mass is 806 g/mol. The highest BCUT2D eigenvalue weighted by atomic mass is 16.8. The van der Waals surface area contributed by atoms with Gasteiger partial charge in [0.1, 0.15) is 6.10 Å². The molecule has 21 nitrogen and oxygen atoms in total. The maximum atomic E-state index is 11.5. The quantitative estimate of drug-likeness (QED) is 0.0978. The molecule has 1 aliphatic rings. The van der Waals surface area contributed by atoms with Gasteiger partial charge in [-0.2, -0.15) is 0 Å². The fraction of sp³-hybridized carbons (Fsp3) is 0.571. The average molecular weight is 807 g/mol. The van der Waals surface area contributed by atoms with Crippen LogP contribution in [0.2, 0.25) is 0 Å². The van der Waals surface area contributed by atoms with E-state index in [9.17, 15) is 43.2 Å². The molecule has 0 amide bonds. The van der Waals surface area contributed by atoms with Gasteiger partial charge in [0.25, 0.3) is 0 Å². The first-order chi connectivity index (χ1) is 26.3. The number of rotatable bonds is 15. The van der Waals surface area contributed by atoms with Gasteiger partial charge in [-0.1, -0.05) is 6.42 Å². The Morgan fingerprint density at radius 1 is 0.464 bits per heavy atom. The fourth-order valence-corrected chi connectivity index (χ4v) is 3.42. The third-order valence-corrected chi connectivity index (χ3v) is 5.71. The van der Waals surface area contributed by atoms with Gasteiger partial charge in [0, 0.05) is 57.2 Å². The van der Waals surface area contributed by atoms with Crippen molar-refractivity contribution in [1.29, 1.82) is 0 Å². The molecule has 1 saturated carbocycles. The Labute approximate surface area is 323 Å². The number of ether oxygens (including phenoxy) is 12. The summed E-state index contributed by atoms with van der Waals surface area (Å²) in [7, 11) is 3.53. The predicted octanol–water partition coefficient (Wildman–Crippen LogP) is 4.04. The minimum absolute atomic E-state index is 0.131. The Morgan fingerprint density at radius 3 is 1.14 bits per heavy atom. The summed E-state index contributed by atoms with van der Waals surface area (Å²) in [5, 5.41) is 0. The van der Waals surface area contributed by atoms with Crippen LogP contribution in [0.5, 0.6) is 0 Å². The first-order valence-electron chi connectivity index (χ1n) is 16.8. The van der Waals surface area contributed by atoms with E-state index in [4.69, 9.17) is 14.2 Å². The second-order valence-corrected chi connectivity index (χ2v) is 10.7. The van der Waals surface area contributed by atoms with Gasteiger partial charge in [0.15, 0.2) is 0 Å². The van der Waals surface area contributed by atoms with Crippen LogP contribution in [0, 0.1) is 0 Å². The molecule has 0 N–H and O–H groups in total. The van der Waals surface area contributed by atoms with E-state index >= 15 is 0 Å². The van der Waals surface area contributed by atoms with Crippen molar-refractivity contribution in [3.63, 3.8) is 0 Å². The van der Waals surface area contributed by atoms with Crippen LogP contribution in [-0.2, 0) is 85.6 Å². The molecule has 0 saturated heterocycles. The van der Waals surface area contributed by atoms with Crippen LogP contribution in [0.15, 0.2) is 36.5 Å². The number of esters is 6. The lowest BCUT2D eigenvalue weighted by molar-refractivity contribution is -0.164. The number of methoxy groups -OCH3 is 3. The van der Waals surface area contributed by atoms with Crippen molar-refractivity contribution in [2.24, 2.45) is 0 Å². The van der Waals surface area contributed by atoms with Crippen molar-refractivity contribution >= 4 is 54.3 Å². The Kier molecular flexibility index (Phi) is 29.0. The van der Waals surface area contributed by atoms with Crippen LogP contribution >= 0.6 is 0 Å². The van der Waals surface area contributed by atoms with Gasteiger partial charge in [0.05, 0.1) is 34.0 Å². The van der Waals surface area contributed by atoms with Gasteiger partial charge >= 0.3 is 54.3 Å². The summed E-state index contributed by atoms with van der Waals surface area (Å²) in [5.41, 5.74) is 0. The largest absolute Gasteiger partial charge is 0.511 e. The molecule has 0 aromatic heterocycles. The number of carbonyl (C=O) groups is 9. The van der Waals surface area contributed by atoms with E-state index in [1.165, 1.54) is 42.1 Å². The molecule has 3 unspecified atom stereocenters. The van der Waals surface area contributed by atoms with Crippen molar-refractivity contribution in [2.45, 2.75) is 105 Å². The highest BCUT2D eigenvalue weighted by Gasteiger charge is 2.21. The van der Waals surface area contributed by atoms with Crippen molar-refractivity contribution < 1.29 is 100.0 Å². The summed E-state index contributed by atoms with van der Waals surface area (Å²) >= 11 is 0. The van der Waals surface area contributed by atoms with Crippen molar-refractivity contribution in [3.8, 4) is 0 Å². The van der Waals surface area contributed by atoms with Crippen molar-refractivity contribution in [1.82, 2.24) is 0 Å². The van der Waals surface area contributed by atoms with Crippen LogP contribution in [0.3, 0.4) is 0 Å². The maximum Gasteiger partial charge on any atom is 0.511 e. The lowest BCUT2D eigenvalue weighted by Gasteiger charge is -2.22. The topological polar surface area (TPSA) is 264 Å². The van der Waals surface area contributed by atoms with E-state index in [0.717, 1.165) is 68.6 Å². The Hall–Kier alpha value is -6.15. The summed E-state index contributed by atoms with van der Waals surface area (Å²) in [4.78, 5) is 98.9. The number of hydrogen-bond acceptors (Lipinski definition) is 21. The van der Waals surface area contributed by atoms with E-state index in [1.807, 2.05) is 0 Å². The number of carbonyl (C=O) groups excluding carboxylic acids is 9. The average Bonchev–Trinajstić information content (AvgIpc) is 3.12. The minimum atomic E-state index is -1.12. The highest BCUT2D eigenvalue weighted by Crippen LogP contribution is 2.21. The molecule has 0 bridgehead atoms. The van der Waals surface area contributed by atoms with Crippen LogP contribution < -0.4 is 0 Å². The molecule has 316 valence electrons. The SMILES string of the molecule is CCOC(=O)OC(C)OC(=O)/C=C/C(=O)OC.COC(=O)/C=C/C(=O)OC(C)OC(=O)OC(C)C.COC(=O)/C=C/C(=O)OC(C)OC(=O)OC1CCCCC1. The van der Waals surface area contributed by atoms with Crippen molar-refractivity contribution in [2.75, 3.05) is 27.9 Å². The third-order valence-electron chi connectivity index (χ3n) is 5.71. The van der Waals surface area contributed by atoms with Crippen LogP contribution in [0.4, 0.5) is 14.4 Å². The van der Waals surface area contributed by atoms with Gasteiger partial charge in [0.2, 0.25) is 18.9 Å². The Bertz CT molecular complexity index is 1360. The molecule has 3 atom stereocenters. The maximum absolute atomic E-state index is 11.5.